The summed E-state index contributed by atoms with van der Waals surface area (Å²) in [6.07, 6.45) is 0. The van der Waals surface area contributed by atoms with Crippen LogP contribution in [0.4, 0.5) is 5.69 Å². The van der Waals surface area contributed by atoms with Crippen LogP contribution in [0.5, 0.6) is 11.5 Å². The van der Waals surface area contributed by atoms with Crippen molar-refractivity contribution in [3.63, 3.8) is 0 Å². The van der Waals surface area contributed by atoms with E-state index in [1.165, 1.54) is 7.11 Å². The Hall–Kier alpha value is -2.73. The summed E-state index contributed by atoms with van der Waals surface area (Å²) in [5, 5.41) is 5.94. The lowest BCUT2D eigenvalue weighted by Gasteiger charge is -2.22. The Kier molecular flexibility index (Phi) is 7.07. The normalized spacial score (nSPS) is 11.6. The molecule has 2 aromatic carbocycles. The summed E-state index contributed by atoms with van der Waals surface area (Å²) in [7, 11) is 3.07. The lowest BCUT2D eigenvalue weighted by molar-refractivity contribution is -0.118. The number of ether oxygens (including phenoxy) is 2. The third-order valence-electron chi connectivity index (χ3n) is 4.01. The largest absolute Gasteiger partial charge is 0.497 e. The number of rotatable bonds is 7. The van der Waals surface area contributed by atoms with Crippen molar-refractivity contribution in [2.24, 2.45) is 5.92 Å². The topological polar surface area (TPSA) is 76.7 Å². The molecule has 2 amide bonds. The first-order valence-corrected chi connectivity index (χ1v) is 8.82. The molecule has 0 unspecified atom stereocenters. The maximum atomic E-state index is 12.7. The number of halogens is 1. The predicted molar refractivity (Wildman–Crippen MR) is 106 cm³/mol. The zero-order valence-corrected chi connectivity index (χ0v) is 16.5. The van der Waals surface area contributed by atoms with Crippen molar-refractivity contribution in [1.82, 2.24) is 5.32 Å². The number of nitrogens with one attached hydrogen (secondary N) is 2. The number of methoxy groups -OCH3 is 2. The molecule has 0 aliphatic heterocycles. The number of carbonyl (C=O) groups is 2. The molecule has 2 rings (SSSR count). The molecule has 0 aliphatic rings. The Bertz CT molecular complexity index is 806. The fourth-order valence-corrected chi connectivity index (χ4v) is 2.72. The summed E-state index contributed by atoms with van der Waals surface area (Å²) in [6.45, 7) is 3.72. The van der Waals surface area contributed by atoms with E-state index in [1.54, 1.807) is 49.6 Å². The van der Waals surface area contributed by atoms with Crippen LogP contribution in [0, 0.1) is 5.92 Å². The van der Waals surface area contributed by atoms with Crippen molar-refractivity contribution >= 4 is 29.1 Å². The third kappa shape index (κ3) is 5.37. The van der Waals surface area contributed by atoms with Gasteiger partial charge >= 0.3 is 0 Å². The number of anilines is 1. The lowest BCUT2D eigenvalue weighted by Crippen LogP contribution is -2.47. The van der Waals surface area contributed by atoms with Crippen LogP contribution in [0.25, 0.3) is 0 Å². The fraction of sp³-hybridized carbons (Fsp3) is 0.300. The Morgan fingerprint density at radius 2 is 1.67 bits per heavy atom. The summed E-state index contributed by atoms with van der Waals surface area (Å²) in [5.74, 6) is 0.400. The highest BCUT2D eigenvalue weighted by Crippen LogP contribution is 2.27. The van der Waals surface area contributed by atoms with E-state index < -0.39 is 6.04 Å². The number of hydrogen-bond donors (Lipinski definition) is 2. The summed E-state index contributed by atoms with van der Waals surface area (Å²) < 4.78 is 10.2. The van der Waals surface area contributed by atoms with E-state index in [4.69, 9.17) is 21.1 Å². The van der Waals surface area contributed by atoms with Crippen molar-refractivity contribution in [2.75, 3.05) is 19.5 Å². The van der Waals surface area contributed by atoms with Crippen LogP contribution in [0.3, 0.4) is 0 Å². The first kappa shape index (κ1) is 20.6. The van der Waals surface area contributed by atoms with E-state index >= 15 is 0 Å². The molecule has 144 valence electrons. The molecule has 0 saturated heterocycles. The van der Waals surface area contributed by atoms with Crippen LogP contribution in [-0.2, 0) is 4.79 Å². The van der Waals surface area contributed by atoms with Crippen LogP contribution in [-0.4, -0.2) is 32.1 Å². The average Bonchev–Trinajstić information content (AvgIpc) is 2.65. The SMILES string of the molecule is COc1ccc(C(=O)N[C@@H](C(=O)Nc2ccc(OC)c(Cl)c2)C(C)C)cc1. The standard InChI is InChI=1S/C20H23ClN2O4/c1-12(2)18(23-19(24)13-5-8-15(26-3)9-6-13)20(25)22-14-7-10-17(27-4)16(21)11-14/h5-12,18H,1-4H3,(H,22,25)(H,23,24)/t18-/m1/s1. The minimum atomic E-state index is -0.708. The van der Waals surface area contributed by atoms with Gasteiger partial charge in [0.15, 0.2) is 0 Å². The molecular formula is C20H23ClN2O4. The quantitative estimate of drug-likeness (QED) is 0.754. The molecule has 1 atom stereocenters. The van der Waals surface area contributed by atoms with E-state index in [-0.39, 0.29) is 17.7 Å². The second-order valence-corrected chi connectivity index (χ2v) is 6.67. The second kappa shape index (κ2) is 9.28. The van der Waals surface area contributed by atoms with Gasteiger partial charge in [0.05, 0.1) is 19.2 Å². The molecular weight excluding hydrogens is 368 g/mol. The Labute approximate surface area is 163 Å². The molecule has 2 aromatic rings. The highest BCUT2D eigenvalue weighted by Gasteiger charge is 2.25. The van der Waals surface area contributed by atoms with Crippen molar-refractivity contribution < 1.29 is 19.1 Å². The second-order valence-electron chi connectivity index (χ2n) is 6.26. The number of benzene rings is 2. The number of amides is 2. The van der Waals surface area contributed by atoms with Crippen LogP contribution in [0.1, 0.15) is 24.2 Å². The van der Waals surface area contributed by atoms with Gasteiger partial charge in [-0.3, -0.25) is 9.59 Å². The minimum absolute atomic E-state index is 0.110. The van der Waals surface area contributed by atoms with Crippen molar-refractivity contribution in [3.8, 4) is 11.5 Å². The molecule has 0 heterocycles. The van der Waals surface area contributed by atoms with E-state index in [0.29, 0.717) is 27.8 Å². The Morgan fingerprint density at radius 1 is 1.00 bits per heavy atom. The first-order valence-electron chi connectivity index (χ1n) is 8.45. The van der Waals surface area contributed by atoms with Crippen molar-refractivity contribution in [2.45, 2.75) is 19.9 Å². The molecule has 0 aliphatic carbocycles. The smallest absolute Gasteiger partial charge is 0.251 e. The molecule has 27 heavy (non-hydrogen) atoms. The fourth-order valence-electron chi connectivity index (χ4n) is 2.47. The predicted octanol–water partition coefficient (Wildman–Crippen LogP) is 3.75. The zero-order valence-electron chi connectivity index (χ0n) is 15.7. The molecule has 0 spiro atoms. The lowest BCUT2D eigenvalue weighted by atomic mass is 10.0. The van der Waals surface area contributed by atoms with E-state index in [2.05, 4.69) is 10.6 Å². The van der Waals surface area contributed by atoms with Gasteiger partial charge in [0.1, 0.15) is 17.5 Å². The van der Waals surface area contributed by atoms with Crippen LogP contribution < -0.4 is 20.1 Å². The first-order chi connectivity index (χ1) is 12.8. The summed E-state index contributed by atoms with van der Waals surface area (Å²) >= 11 is 6.09. The third-order valence-corrected chi connectivity index (χ3v) is 4.30. The van der Waals surface area contributed by atoms with Crippen molar-refractivity contribution in [1.29, 1.82) is 0 Å². The minimum Gasteiger partial charge on any atom is -0.497 e. The summed E-state index contributed by atoms with van der Waals surface area (Å²) in [5.41, 5.74) is 0.969. The van der Waals surface area contributed by atoms with Crippen molar-refractivity contribution in [3.05, 3.63) is 53.1 Å². The van der Waals surface area contributed by atoms with E-state index in [1.807, 2.05) is 13.8 Å². The summed E-state index contributed by atoms with van der Waals surface area (Å²) in [6, 6.07) is 10.9. The Balaban J connectivity index is 2.10. The van der Waals surface area contributed by atoms with Gasteiger partial charge in [-0.2, -0.15) is 0 Å². The van der Waals surface area contributed by atoms with Crippen LogP contribution >= 0.6 is 11.6 Å². The number of hydrogen-bond acceptors (Lipinski definition) is 4. The van der Waals surface area contributed by atoms with Crippen LogP contribution in [0.15, 0.2) is 42.5 Å². The molecule has 6 nitrogen and oxygen atoms in total. The van der Waals surface area contributed by atoms with Gasteiger partial charge in [-0.1, -0.05) is 25.4 Å². The van der Waals surface area contributed by atoms with Gasteiger partial charge < -0.3 is 20.1 Å². The molecule has 0 bridgehead atoms. The van der Waals surface area contributed by atoms with Gasteiger partial charge in [-0.05, 0) is 48.4 Å². The molecule has 0 radical (unpaired) electrons. The van der Waals surface area contributed by atoms with Crippen LogP contribution in [0.2, 0.25) is 5.02 Å². The molecule has 0 saturated carbocycles. The van der Waals surface area contributed by atoms with E-state index in [9.17, 15) is 9.59 Å². The highest BCUT2D eigenvalue weighted by molar-refractivity contribution is 6.32. The molecule has 2 N–H and O–H groups in total. The molecule has 0 aromatic heterocycles. The molecule has 7 heteroatoms. The zero-order chi connectivity index (χ0) is 20.0. The van der Waals surface area contributed by atoms with E-state index in [0.717, 1.165) is 0 Å². The monoisotopic (exact) mass is 390 g/mol. The Morgan fingerprint density at radius 3 is 2.19 bits per heavy atom. The molecule has 0 fully saturated rings. The highest BCUT2D eigenvalue weighted by atomic mass is 35.5. The maximum Gasteiger partial charge on any atom is 0.251 e. The maximum absolute atomic E-state index is 12.7. The van der Waals surface area contributed by atoms with Gasteiger partial charge in [0.25, 0.3) is 5.91 Å². The van der Waals surface area contributed by atoms with Gasteiger partial charge in [0, 0.05) is 11.3 Å². The van der Waals surface area contributed by atoms with Gasteiger partial charge in [-0.25, -0.2) is 0 Å². The van der Waals surface area contributed by atoms with Gasteiger partial charge in [0.2, 0.25) is 5.91 Å². The number of carbonyl (C=O) groups excluding carboxylic acids is 2. The summed E-state index contributed by atoms with van der Waals surface area (Å²) in [4.78, 5) is 25.2. The average molecular weight is 391 g/mol. The van der Waals surface area contributed by atoms with Gasteiger partial charge in [-0.15, -0.1) is 0 Å².